The molecule has 0 aliphatic carbocycles. The number of carbonyl (C=O) groups excluding carboxylic acids is 2. The van der Waals surface area contributed by atoms with Crippen LogP contribution in [0.15, 0.2) is 84.9 Å². The van der Waals surface area contributed by atoms with E-state index in [9.17, 15) is 24.8 Å². The summed E-state index contributed by atoms with van der Waals surface area (Å²) in [5.41, 5.74) is 0.405. The molecule has 238 valence electrons. The van der Waals surface area contributed by atoms with Gasteiger partial charge in [-0.15, -0.1) is 11.8 Å². The van der Waals surface area contributed by atoms with E-state index in [2.05, 4.69) is 45.0 Å². The predicted octanol–water partition coefficient (Wildman–Crippen LogP) is 5.09. The first-order valence-electron chi connectivity index (χ1n) is 14.4. The number of ether oxygens (including phenoxy) is 1. The Morgan fingerprint density at radius 1 is 1.04 bits per heavy atom. The van der Waals surface area contributed by atoms with E-state index < -0.39 is 42.6 Å². The number of benzene rings is 3. The fourth-order valence-electron chi connectivity index (χ4n) is 5.39. The van der Waals surface area contributed by atoms with Crippen LogP contribution in [0.5, 0.6) is 0 Å². The van der Waals surface area contributed by atoms with Crippen LogP contribution >= 0.6 is 35.7 Å². The lowest BCUT2D eigenvalue weighted by atomic mass is 9.99. The number of non-ortho nitro benzene ring substituents is 1. The fraction of sp³-hybridized carbons (Fsp3) is 0.344. The molecule has 0 radical (unpaired) electrons. The van der Waals surface area contributed by atoms with Crippen molar-refractivity contribution < 1.29 is 28.8 Å². The lowest BCUT2D eigenvalue weighted by molar-refractivity contribution is -0.384. The Morgan fingerprint density at radius 3 is 2.09 bits per heavy atom. The number of aliphatic hydroxyl groups excluding tert-OH is 1. The number of nitro groups is 1. The highest BCUT2D eigenvalue weighted by Crippen LogP contribution is 2.42. The van der Waals surface area contributed by atoms with Crippen LogP contribution in [0.3, 0.4) is 0 Å². The molecule has 1 aliphatic rings. The van der Waals surface area contributed by atoms with Gasteiger partial charge in [0.05, 0.1) is 10.8 Å². The number of esters is 1. The second-order valence-corrected chi connectivity index (χ2v) is 19.3. The molecule has 4 rings (SSSR count). The Hall–Kier alpha value is -3.07. The van der Waals surface area contributed by atoms with Gasteiger partial charge in [-0.2, -0.15) is 0 Å². The van der Waals surface area contributed by atoms with Crippen LogP contribution in [-0.2, 0) is 25.4 Å². The predicted molar refractivity (Wildman–Crippen MR) is 185 cm³/mol. The van der Waals surface area contributed by atoms with Gasteiger partial charge in [-0.05, 0) is 38.9 Å². The quantitative estimate of drug-likeness (QED) is 0.0691. The van der Waals surface area contributed by atoms with Gasteiger partial charge in [-0.3, -0.25) is 19.8 Å². The fourth-order valence-corrected chi connectivity index (χ4v) is 12.7. The van der Waals surface area contributed by atoms with Crippen molar-refractivity contribution in [2.75, 3.05) is 12.4 Å². The number of amides is 1. The van der Waals surface area contributed by atoms with Crippen LogP contribution in [0.4, 0.5) is 5.69 Å². The molecular weight excluding hydrogens is 649 g/mol. The van der Waals surface area contributed by atoms with Gasteiger partial charge >= 0.3 is 5.97 Å². The summed E-state index contributed by atoms with van der Waals surface area (Å²) >= 11 is 8.24. The number of thiocarbonyl (C=S) groups is 1. The van der Waals surface area contributed by atoms with Crippen molar-refractivity contribution in [1.29, 1.82) is 0 Å². The van der Waals surface area contributed by atoms with E-state index in [1.807, 2.05) is 43.3 Å². The summed E-state index contributed by atoms with van der Waals surface area (Å²) in [5, 5.41) is 23.1. The minimum absolute atomic E-state index is 0.0737. The molecule has 1 heterocycles. The summed E-state index contributed by atoms with van der Waals surface area (Å²) in [7, 11) is -2.96. The number of likely N-dealkylation sites (tertiary alicyclic amines) is 1. The smallest absolute Gasteiger partial charge is 0.356 e. The molecule has 3 aromatic rings. The highest BCUT2D eigenvalue weighted by atomic mass is 32.2. The zero-order valence-corrected chi connectivity index (χ0v) is 28.9. The number of thioether (sulfide) groups is 2. The van der Waals surface area contributed by atoms with E-state index >= 15 is 0 Å². The van der Waals surface area contributed by atoms with E-state index in [0.717, 1.165) is 21.0 Å². The molecule has 1 aliphatic heterocycles. The topological polar surface area (TPSA) is 119 Å². The van der Waals surface area contributed by atoms with E-state index in [4.69, 9.17) is 21.4 Å². The minimum atomic E-state index is -2.96. The summed E-state index contributed by atoms with van der Waals surface area (Å²) in [6.07, 6.45) is -1.86. The molecule has 0 aromatic heterocycles. The number of β-lactam (4-membered cyclic amide) rings is 1. The van der Waals surface area contributed by atoms with Gasteiger partial charge in [-0.25, -0.2) is 4.79 Å². The zero-order chi connectivity index (χ0) is 32.8. The lowest BCUT2D eigenvalue weighted by Crippen LogP contribution is -2.70. The lowest BCUT2D eigenvalue weighted by Gasteiger charge is -2.50. The first-order valence-corrected chi connectivity index (χ1v) is 18.6. The molecule has 13 heteroatoms. The molecule has 0 bridgehead atoms. The van der Waals surface area contributed by atoms with Crippen molar-refractivity contribution in [3.63, 3.8) is 0 Å². The van der Waals surface area contributed by atoms with Crippen molar-refractivity contribution in [3.05, 3.63) is 101 Å². The SMILES string of the molecule is CCSC(=S)SC1C(CO[Si](c2ccccc2)(c2ccccc2)C(C)(C)C)C(=O)N1C(O)C(=O)OCc1ccc([N+](=O)[O-])cc1. The molecule has 3 aromatic carbocycles. The largest absolute Gasteiger partial charge is 0.457 e. The molecule has 1 fully saturated rings. The van der Waals surface area contributed by atoms with Gasteiger partial charge in [0.1, 0.15) is 15.5 Å². The monoisotopic (exact) mass is 684 g/mol. The molecule has 0 saturated carbocycles. The summed E-state index contributed by atoms with van der Waals surface area (Å²) < 4.78 is 12.9. The molecule has 1 saturated heterocycles. The third kappa shape index (κ3) is 7.67. The second kappa shape index (κ2) is 15.0. The number of nitro benzene ring substituents is 1. The van der Waals surface area contributed by atoms with Crippen LogP contribution < -0.4 is 10.4 Å². The van der Waals surface area contributed by atoms with Gasteiger partial charge in [-0.1, -0.05) is 112 Å². The number of hydrogen-bond acceptors (Lipinski definition) is 10. The van der Waals surface area contributed by atoms with Gasteiger partial charge in [0.15, 0.2) is 0 Å². The molecular formula is C32H36N2O7S3Si. The highest BCUT2D eigenvalue weighted by molar-refractivity contribution is 8.47. The van der Waals surface area contributed by atoms with Gasteiger partial charge in [0, 0.05) is 18.7 Å². The zero-order valence-electron chi connectivity index (χ0n) is 25.5. The Bertz CT molecular complexity index is 1470. The molecule has 3 atom stereocenters. The summed E-state index contributed by atoms with van der Waals surface area (Å²) in [5.74, 6) is -1.37. The number of aliphatic hydroxyl groups is 1. The molecule has 9 nitrogen and oxygen atoms in total. The Labute approximate surface area is 278 Å². The normalized spacial score (nSPS) is 17.4. The second-order valence-electron chi connectivity index (χ2n) is 11.4. The van der Waals surface area contributed by atoms with Crippen LogP contribution in [0.25, 0.3) is 0 Å². The molecule has 1 amide bonds. The average Bonchev–Trinajstić information content (AvgIpc) is 3.02. The molecule has 1 N–H and O–H groups in total. The Balaban J connectivity index is 1.56. The van der Waals surface area contributed by atoms with Crippen LogP contribution in [-0.4, -0.2) is 62.6 Å². The van der Waals surface area contributed by atoms with Crippen molar-refractivity contribution >= 4 is 75.5 Å². The van der Waals surface area contributed by atoms with E-state index in [1.54, 1.807) is 0 Å². The van der Waals surface area contributed by atoms with Crippen molar-refractivity contribution in [2.45, 2.75) is 50.9 Å². The summed E-state index contributed by atoms with van der Waals surface area (Å²) in [4.78, 5) is 38.0. The third-order valence-electron chi connectivity index (χ3n) is 7.57. The van der Waals surface area contributed by atoms with Gasteiger partial charge < -0.3 is 14.3 Å². The first kappa shape index (κ1) is 34.8. The first-order chi connectivity index (χ1) is 21.4. The Morgan fingerprint density at radius 2 is 1.60 bits per heavy atom. The van der Waals surface area contributed by atoms with E-state index in [0.29, 0.717) is 9.09 Å². The van der Waals surface area contributed by atoms with Crippen molar-refractivity contribution in [3.8, 4) is 0 Å². The van der Waals surface area contributed by atoms with Crippen molar-refractivity contribution in [1.82, 2.24) is 4.90 Å². The van der Waals surface area contributed by atoms with E-state index in [-0.39, 0.29) is 23.9 Å². The summed E-state index contributed by atoms with van der Waals surface area (Å²) in [6.45, 7) is 8.27. The number of carbonyl (C=O) groups is 2. The average molecular weight is 685 g/mol. The molecule has 0 spiro atoms. The molecule has 3 unspecified atom stereocenters. The van der Waals surface area contributed by atoms with Gasteiger partial charge in [0.2, 0.25) is 12.1 Å². The summed E-state index contributed by atoms with van der Waals surface area (Å²) in [6, 6.07) is 25.7. The number of rotatable bonds is 12. The highest BCUT2D eigenvalue weighted by Gasteiger charge is 2.56. The Kier molecular flexibility index (Phi) is 11.6. The van der Waals surface area contributed by atoms with Crippen molar-refractivity contribution in [2.24, 2.45) is 5.92 Å². The number of nitrogens with zero attached hydrogens (tertiary/aromatic N) is 2. The maximum absolute atomic E-state index is 13.6. The van der Waals surface area contributed by atoms with E-state index in [1.165, 1.54) is 47.8 Å². The maximum Gasteiger partial charge on any atom is 0.356 e. The third-order valence-corrected chi connectivity index (χ3v) is 15.4. The van der Waals surface area contributed by atoms with Crippen LogP contribution in [0.2, 0.25) is 5.04 Å². The minimum Gasteiger partial charge on any atom is -0.457 e. The van der Waals surface area contributed by atoms with Gasteiger partial charge in [0.25, 0.3) is 14.0 Å². The van der Waals surface area contributed by atoms with Crippen LogP contribution in [0.1, 0.15) is 33.3 Å². The van der Waals surface area contributed by atoms with Crippen LogP contribution in [0, 0.1) is 16.0 Å². The molecule has 45 heavy (non-hydrogen) atoms. The standard InChI is InChI=1S/C32H36N2O7S3Si/c1-5-43-31(42)44-29-26(27(35)33(29)28(36)30(37)40-20-22-16-18-23(19-17-22)34(38)39)21-41-45(32(2,3)4,24-12-8-6-9-13-24)25-14-10-7-11-15-25/h6-19,26,28-29,36H,5,20-21H2,1-4H3. The number of hydrogen-bond donors (Lipinski definition) is 1. The maximum atomic E-state index is 13.6.